The van der Waals surface area contributed by atoms with Gasteiger partial charge in [0.2, 0.25) is 0 Å². The molecule has 0 aliphatic carbocycles. The number of aromatic nitrogens is 3. The minimum Gasteiger partial charge on any atom is -0.386 e. The third-order valence-electron chi connectivity index (χ3n) is 4.77. The highest BCUT2D eigenvalue weighted by Crippen LogP contribution is 2.27. The highest BCUT2D eigenvalue weighted by Gasteiger charge is 2.18. The van der Waals surface area contributed by atoms with Gasteiger partial charge in [-0.1, -0.05) is 42.5 Å². The number of nitrogens with zero attached hydrogens (tertiary/aromatic N) is 3. The summed E-state index contributed by atoms with van der Waals surface area (Å²) in [5, 5.41) is 18.4. The van der Waals surface area contributed by atoms with Crippen LogP contribution in [-0.4, -0.2) is 25.8 Å². The smallest absolute Gasteiger partial charge is 0.263 e. The molecule has 0 bridgehead atoms. The van der Waals surface area contributed by atoms with E-state index in [0.29, 0.717) is 33.4 Å². The second-order valence-corrected chi connectivity index (χ2v) is 8.09. The lowest BCUT2D eigenvalue weighted by Gasteiger charge is -2.10. The van der Waals surface area contributed by atoms with Crippen LogP contribution < -0.4 is 5.32 Å². The molecule has 2 aromatic heterocycles. The minimum atomic E-state index is -0.814. The molecule has 0 aliphatic heterocycles. The van der Waals surface area contributed by atoms with Gasteiger partial charge in [-0.05, 0) is 36.2 Å². The third-order valence-corrected chi connectivity index (χ3v) is 5.95. The van der Waals surface area contributed by atoms with E-state index in [2.05, 4.69) is 15.4 Å². The number of aliphatic hydroxyl groups is 1. The maximum Gasteiger partial charge on any atom is 0.263 e. The number of aliphatic hydroxyl groups excluding tert-OH is 1. The molecule has 0 fully saturated rings. The van der Waals surface area contributed by atoms with Gasteiger partial charge in [0.15, 0.2) is 0 Å². The topological polar surface area (TPSA) is 80.0 Å². The molecule has 0 unspecified atom stereocenters. The molecule has 31 heavy (non-hydrogen) atoms. The highest BCUT2D eigenvalue weighted by molar-refractivity contribution is 7.17. The van der Waals surface area contributed by atoms with Crippen LogP contribution in [0.25, 0.3) is 10.7 Å². The van der Waals surface area contributed by atoms with Crippen molar-refractivity contribution in [2.24, 2.45) is 0 Å². The Kier molecular flexibility index (Phi) is 6.20. The monoisotopic (exact) mass is 436 g/mol. The minimum absolute atomic E-state index is 0.170. The van der Waals surface area contributed by atoms with Gasteiger partial charge in [-0.25, -0.2) is 9.37 Å². The third kappa shape index (κ3) is 5.04. The van der Waals surface area contributed by atoms with Crippen molar-refractivity contribution in [3.05, 3.63) is 94.4 Å². The lowest BCUT2D eigenvalue weighted by atomic mass is 10.1. The maximum absolute atomic E-state index is 13.1. The van der Waals surface area contributed by atoms with E-state index in [1.165, 1.54) is 23.5 Å². The molecule has 4 rings (SSSR count). The zero-order valence-electron chi connectivity index (χ0n) is 16.8. The van der Waals surface area contributed by atoms with Crippen molar-refractivity contribution in [2.45, 2.75) is 26.1 Å². The van der Waals surface area contributed by atoms with Crippen LogP contribution in [0, 0.1) is 12.7 Å². The first-order chi connectivity index (χ1) is 15.0. The van der Waals surface area contributed by atoms with E-state index in [1.54, 1.807) is 36.0 Å². The van der Waals surface area contributed by atoms with Gasteiger partial charge < -0.3 is 10.4 Å². The van der Waals surface area contributed by atoms with Gasteiger partial charge in [-0.3, -0.25) is 9.48 Å². The van der Waals surface area contributed by atoms with Crippen molar-refractivity contribution < 1.29 is 14.3 Å². The summed E-state index contributed by atoms with van der Waals surface area (Å²) in [6.45, 7) is 2.47. The number of benzene rings is 2. The number of thiazole rings is 1. The average Bonchev–Trinajstić information content (AvgIpc) is 3.39. The van der Waals surface area contributed by atoms with Crippen LogP contribution in [-0.2, 0) is 13.1 Å². The normalized spacial score (nSPS) is 12.0. The summed E-state index contributed by atoms with van der Waals surface area (Å²) in [5.41, 5.74) is 2.91. The zero-order chi connectivity index (χ0) is 21.8. The molecule has 0 radical (unpaired) electrons. The van der Waals surface area contributed by atoms with E-state index in [-0.39, 0.29) is 18.3 Å². The molecule has 4 aromatic rings. The van der Waals surface area contributed by atoms with Crippen LogP contribution >= 0.6 is 11.3 Å². The van der Waals surface area contributed by atoms with E-state index in [4.69, 9.17) is 0 Å². The second-order valence-electron chi connectivity index (χ2n) is 7.09. The van der Waals surface area contributed by atoms with E-state index in [0.717, 1.165) is 5.56 Å². The number of carbonyl (C=O) groups is 1. The fourth-order valence-electron chi connectivity index (χ4n) is 3.12. The standard InChI is InChI=1S/C23H21FN4O2S/c1-15-21(22(30)25-13-16-5-3-2-4-6-16)31-23(26-15)19-11-12-28(27-19)14-20(29)17-7-9-18(24)10-8-17/h2-12,20,29H,13-14H2,1H3,(H,25,30)/t20-/m1/s1. The molecular weight excluding hydrogens is 415 g/mol. The average molecular weight is 437 g/mol. The van der Waals surface area contributed by atoms with Crippen molar-refractivity contribution in [1.82, 2.24) is 20.1 Å². The van der Waals surface area contributed by atoms with Crippen LogP contribution in [0.2, 0.25) is 0 Å². The second kappa shape index (κ2) is 9.20. The highest BCUT2D eigenvalue weighted by atomic mass is 32.1. The molecule has 0 saturated heterocycles. The van der Waals surface area contributed by atoms with Crippen LogP contribution in [0.15, 0.2) is 66.9 Å². The van der Waals surface area contributed by atoms with E-state index in [1.807, 2.05) is 30.3 Å². The fourth-order valence-corrected chi connectivity index (χ4v) is 4.07. The lowest BCUT2D eigenvalue weighted by molar-refractivity contribution is 0.0954. The molecule has 158 valence electrons. The number of nitrogens with one attached hydrogen (secondary N) is 1. The SMILES string of the molecule is Cc1nc(-c2ccn(C[C@@H](O)c3ccc(F)cc3)n2)sc1C(=O)NCc1ccccc1. The van der Waals surface area contributed by atoms with Crippen molar-refractivity contribution >= 4 is 17.2 Å². The number of amides is 1. The molecule has 0 saturated carbocycles. The maximum atomic E-state index is 13.1. The fraction of sp³-hybridized carbons (Fsp3) is 0.174. The van der Waals surface area contributed by atoms with Gasteiger partial charge in [-0.15, -0.1) is 11.3 Å². The van der Waals surface area contributed by atoms with Crippen LogP contribution in [0.3, 0.4) is 0 Å². The molecule has 1 atom stereocenters. The van der Waals surface area contributed by atoms with Gasteiger partial charge >= 0.3 is 0 Å². The molecule has 2 aromatic carbocycles. The van der Waals surface area contributed by atoms with Gasteiger partial charge in [0.1, 0.15) is 21.4 Å². The number of hydrogen-bond donors (Lipinski definition) is 2. The van der Waals surface area contributed by atoms with Crippen LogP contribution in [0.1, 0.15) is 32.6 Å². The Morgan fingerprint density at radius 1 is 1.16 bits per heavy atom. The Balaban J connectivity index is 1.43. The molecule has 1 amide bonds. The molecule has 0 spiro atoms. The molecular formula is C23H21FN4O2S. The Hall–Kier alpha value is -3.36. The first-order valence-corrected chi connectivity index (χ1v) is 10.6. The predicted octanol–water partition coefficient (Wildman–Crippen LogP) is 4.12. The summed E-state index contributed by atoms with van der Waals surface area (Å²) in [6.07, 6.45) is 0.930. The molecule has 6 nitrogen and oxygen atoms in total. The number of aryl methyl sites for hydroxylation is 1. The Morgan fingerprint density at radius 2 is 1.90 bits per heavy atom. The number of rotatable bonds is 7. The summed E-state index contributed by atoms with van der Waals surface area (Å²) >= 11 is 1.28. The molecule has 2 N–H and O–H groups in total. The van der Waals surface area contributed by atoms with Gasteiger partial charge in [0.25, 0.3) is 5.91 Å². The molecule has 0 aliphatic rings. The summed E-state index contributed by atoms with van der Waals surface area (Å²) < 4.78 is 14.7. The van der Waals surface area contributed by atoms with E-state index >= 15 is 0 Å². The Labute approximate surface area is 183 Å². The van der Waals surface area contributed by atoms with Gasteiger partial charge in [0.05, 0.1) is 18.3 Å². The zero-order valence-corrected chi connectivity index (χ0v) is 17.6. The van der Waals surface area contributed by atoms with Crippen molar-refractivity contribution in [1.29, 1.82) is 0 Å². The quantitative estimate of drug-likeness (QED) is 0.457. The van der Waals surface area contributed by atoms with Gasteiger partial charge in [0, 0.05) is 12.7 Å². The van der Waals surface area contributed by atoms with Crippen molar-refractivity contribution in [2.75, 3.05) is 0 Å². The number of hydrogen-bond acceptors (Lipinski definition) is 5. The molecule has 2 heterocycles. The largest absolute Gasteiger partial charge is 0.386 e. The Morgan fingerprint density at radius 3 is 2.65 bits per heavy atom. The van der Waals surface area contributed by atoms with Gasteiger partial charge in [-0.2, -0.15) is 5.10 Å². The van der Waals surface area contributed by atoms with Crippen molar-refractivity contribution in [3.8, 4) is 10.7 Å². The van der Waals surface area contributed by atoms with Crippen LogP contribution in [0.4, 0.5) is 4.39 Å². The summed E-state index contributed by atoms with van der Waals surface area (Å²) in [7, 11) is 0. The summed E-state index contributed by atoms with van der Waals surface area (Å²) in [5.74, 6) is -0.517. The predicted molar refractivity (Wildman–Crippen MR) is 117 cm³/mol. The first-order valence-electron chi connectivity index (χ1n) is 9.76. The van der Waals surface area contributed by atoms with Crippen LogP contribution in [0.5, 0.6) is 0 Å². The first kappa shape index (κ1) is 20.9. The van der Waals surface area contributed by atoms with E-state index < -0.39 is 6.10 Å². The van der Waals surface area contributed by atoms with Crippen molar-refractivity contribution in [3.63, 3.8) is 0 Å². The number of halogens is 1. The van der Waals surface area contributed by atoms with E-state index in [9.17, 15) is 14.3 Å². The Bertz CT molecular complexity index is 1170. The summed E-state index contributed by atoms with van der Waals surface area (Å²) in [6, 6.07) is 17.2. The number of carbonyl (C=O) groups excluding carboxylic acids is 1. The molecule has 8 heteroatoms. The summed E-state index contributed by atoms with van der Waals surface area (Å²) in [4.78, 5) is 17.6. The lowest BCUT2D eigenvalue weighted by Crippen LogP contribution is -2.22.